The molecule has 1 heteroatoms. The molecule has 61 heavy (non-hydrogen) atoms. The zero-order valence-corrected chi connectivity index (χ0v) is 33.8. The molecule has 10 aromatic rings. The van der Waals surface area contributed by atoms with Crippen LogP contribution in [-0.2, 0) is 0 Å². The summed E-state index contributed by atoms with van der Waals surface area (Å²) in [5.74, 6) is 0. The molecular weight excluding hydrogens is 735 g/mol. The molecule has 10 aromatic carbocycles. The maximum atomic E-state index is 2.36. The molecule has 0 saturated carbocycles. The van der Waals surface area contributed by atoms with E-state index in [1.165, 1.54) is 72.3 Å². The van der Waals surface area contributed by atoms with Crippen LogP contribution in [0.1, 0.15) is 0 Å². The van der Waals surface area contributed by atoms with Crippen LogP contribution in [0.25, 0.3) is 77.9 Å². The van der Waals surface area contributed by atoms with E-state index in [2.05, 4.69) is 266 Å². The lowest BCUT2D eigenvalue weighted by atomic mass is 9.84. The lowest BCUT2D eigenvalue weighted by Crippen LogP contribution is -2.09. The van der Waals surface area contributed by atoms with E-state index >= 15 is 0 Å². The van der Waals surface area contributed by atoms with Crippen LogP contribution < -0.4 is 4.90 Å². The van der Waals surface area contributed by atoms with E-state index in [0.29, 0.717) is 0 Å². The number of hydrogen-bond acceptors (Lipinski definition) is 1. The summed E-state index contributed by atoms with van der Waals surface area (Å²) in [5, 5.41) is 0. The summed E-state index contributed by atoms with van der Waals surface area (Å²) in [5.41, 5.74) is 20.0. The maximum Gasteiger partial charge on any atom is 0.0462 e. The van der Waals surface area contributed by atoms with E-state index in [9.17, 15) is 0 Å². The van der Waals surface area contributed by atoms with Gasteiger partial charge in [0.2, 0.25) is 0 Å². The van der Waals surface area contributed by atoms with Crippen molar-refractivity contribution in [2.45, 2.75) is 0 Å². The number of anilines is 3. The molecule has 0 unspecified atom stereocenters. The molecule has 0 N–H and O–H groups in total. The van der Waals surface area contributed by atoms with Crippen molar-refractivity contribution in [2.24, 2.45) is 0 Å². The first kappa shape index (κ1) is 37.3. The number of nitrogens with zero attached hydrogens (tertiary/aromatic N) is 1. The van der Waals surface area contributed by atoms with Crippen LogP contribution >= 0.6 is 0 Å². The van der Waals surface area contributed by atoms with Crippen molar-refractivity contribution in [1.82, 2.24) is 0 Å². The fourth-order valence-electron chi connectivity index (χ4n) is 8.41. The third kappa shape index (κ3) is 7.93. The first-order valence-corrected chi connectivity index (χ1v) is 20.9. The van der Waals surface area contributed by atoms with Crippen molar-refractivity contribution in [1.29, 1.82) is 0 Å². The fourth-order valence-corrected chi connectivity index (χ4v) is 8.41. The Morgan fingerprint density at radius 3 is 0.836 bits per heavy atom. The Kier molecular flexibility index (Phi) is 10.4. The highest BCUT2D eigenvalue weighted by Gasteiger charge is 2.19. The molecule has 0 bridgehead atoms. The third-order valence-corrected chi connectivity index (χ3v) is 11.5. The average Bonchev–Trinajstić information content (AvgIpc) is 3.36. The summed E-state index contributed by atoms with van der Waals surface area (Å²) < 4.78 is 0. The van der Waals surface area contributed by atoms with E-state index in [4.69, 9.17) is 0 Å². The van der Waals surface area contributed by atoms with Gasteiger partial charge < -0.3 is 4.90 Å². The van der Waals surface area contributed by atoms with Gasteiger partial charge in [-0.15, -0.1) is 0 Å². The van der Waals surface area contributed by atoms with Crippen LogP contribution in [0.5, 0.6) is 0 Å². The Morgan fingerprint density at radius 2 is 0.459 bits per heavy atom. The molecule has 0 saturated heterocycles. The van der Waals surface area contributed by atoms with Crippen LogP contribution in [-0.4, -0.2) is 0 Å². The minimum atomic E-state index is 1.09. The highest BCUT2D eigenvalue weighted by atomic mass is 15.1. The first-order chi connectivity index (χ1) is 30.2. The van der Waals surface area contributed by atoms with Crippen LogP contribution in [0, 0.1) is 0 Å². The summed E-state index contributed by atoms with van der Waals surface area (Å²) >= 11 is 0. The fraction of sp³-hybridized carbons (Fsp3) is 0. The summed E-state index contributed by atoms with van der Waals surface area (Å²) in [6, 6.07) is 94.0. The highest BCUT2D eigenvalue weighted by Crippen LogP contribution is 2.45. The molecule has 0 amide bonds. The predicted octanol–water partition coefficient (Wildman–Crippen LogP) is 16.8. The number of rotatable bonds is 10. The second kappa shape index (κ2) is 17.1. The van der Waals surface area contributed by atoms with E-state index in [0.717, 1.165) is 22.6 Å². The Morgan fingerprint density at radius 1 is 0.180 bits per heavy atom. The Bertz CT molecular complexity index is 2850. The molecular formula is C60H43N. The molecule has 10 rings (SSSR count). The molecule has 0 aliphatic carbocycles. The lowest BCUT2D eigenvalue weighted by Gasteiger charge is -2.26. The van der Waals surface area contributed by atoms with Gasteiger partial charge in [-0.25, -0.2) is 0 Å². The lowest BCUT2D eigenvalue weighted by molar-refractivity contribution is 1.28. The summed E-state index contributed by atoms with van der Waals surface area (Å²) in [7, 11) is 0. The van der Waals surface area contributed by atoms with Gasteiger partial charge in [0.25, 0.3) is 0 Å². The van der Waals surface area contributed by atoms with Crippen LogP contribution in [0.15, 0.2) is 261 Å². The van der Waals surface area contributed by atoms with Gasteiger partial charge in [0.05, 0.1) is 0 Å². The molecule has 0 spiro atoms. The Hall–Kier alpha value is -8.00. The van der Waals surface area contributed by atoms with Crippen molar-refractivity contribution in [3.63, 3.8) is 0 Å². The van der Waals surface area contributed by atoms with E-state index in [-0.39, 0.29) is 0 Å². The molecule has 0 aliphatic heterocycles. The van der Waals surface area contributed by atoms with Crippen molar-refractivity contribution in [2.75, 3.05) is 4.90 Å². The largest absolute Gasteiger partial charge is 0.311 e. The van der Waals surface area contributed by atoms with Gasteiger partial charge in [-0.05, 0) is 132 Å². The van der Waals surface area contributed by atoms with Crippen LogP contribution in [0.4, 0.5) is 17.1 Å². The van der Waals surface area contributed by atoms with Crippen LogP contribution in [0.3, 0.4) is 0 Å². The van der Waals surface area contributed by atoms with E-state index in [1.54, 1.807) is 0 Å². The molecule has 0 fully saturated rings. The average molecular weight is 778 g/mol. The number of hydrogen-bond donors (Lipinski definition) is 0. The Labute approximate surface area is 359 Å². The minimum Gasteiger partial charge on any atom is -0.311 e. The quantitative estimate of drug-likeness (QED) is 0.134. The van der Waals surface area contributed by atoms with E-state index in [1.807, 2.05) is 0 Å². The monoisotopic (exact) mass is 777 g/mol. The normalized spacial score (nSPS) is 11.0. The summed E-state index contributed by atoms with van der Waals surface area (Å²) in [6.45, 7) is 0. The molecule has 0 atom stereocenters. The van der Waals surface area contributed by atoms with Gasteiger partial charge in [-0.2, -0.15) is 0 Å². The SMILES string of the molecule is c1ccc(-c2ccc(N(c3ccc(-c4ccccc4)cc3)c3ccc(-c4cccc(-c5c(-c6ccccc6)cc(-c6ccccc6)cc5-c5ccccc5)c4)cc3)cc2)cc1. The van der Waals surface area contributed by atoms with Gasteiger partial charge in [-0.3, -0.25) is 0 Å². The number of benzene rings is 10. The second-order valence-electron chi connectivity index (χ2n) is 15.3. The van der Waals surface area contributed by atoms with Crippen molar-refractivity contribution in [3.8, 4) is 77.9 Å². The van der Waals surface area contributed by atoms with E-state index < -0.39 is 0 Å². The second-order valence-corrected chi connectivity index (χ2v) is 15.3. The molecule has 0 aromatic heterocycles. The molecule has 1 nitrogen and oxygen atoms in total. The van der Waals surface area contributed by atoms with Crippen molar-refractivity contribution < 1.29 is 0 Å². The maximum absolute atomic E-state index is 2.36. The smallest absolute Gasteiger partial charge is 0.0462 e. The topological polar surface area (TPSA) is 3.24 Å². The molecule has 0 aliphatic rings. The Balaban J connectivity index is 1.05. The first-order valence-electron chi connectivity index (χ1n) is 20.9. The van der Waals surface area contributed by atoms with Crippen molar-refractivity contribution >= 4 is 17.1 Å². The van der Waals surface area contributed by atoms with Gasteiger partial charge >= 0.3 is 0 Å². The minimum absolute atomic E-state index is 1.09. The molecule has 288 valence electrons. The van der Waals surface area contributed by atoms with Crippen molar-refractivity contribution in [3.05, 3.63) is 261 Å². The molecule has 0 radical (unpaired) electrons. The summed E-state index contributed by atoms with van der Waals surface area (Å²) in [6.07, 6.45) is 0. The molecule has 0 heterocycles. The zero-order valence-electron chi connectivity index (χ0n) is 33.8. The highest BCUT2D eigenvalue weighted by molar-refractivity contribution is 5.98. The van der Waals surface area contributed by atoms with Gasteiger partial charge in [0.15, 0.2) is 0 Å². The van der Waals surface area contributed by atoms with Crippen LogP contribution in [0.2, 0.25) is 0 Å². The third-order valence-electron chi connectivity index (χ3n) is 11.5. The van der Waals surface area contributed by atoms with Gasteiger partial charge in [-0.1, -0.05) is 206 Å². The zero-order chi connectivity index (χ0) is 40.8. The predicted molar refractivity (Wildman–Crippen MR) is 259 cm³/mol. The van der Waals surface area contributed by atoms with Gasteiger partial charge in [0, 0.05) is 17.1 Å². The summed E-state index contributed by atoms with van der Waals surface area (Å²) in [4.78, 5) is 2.34. The standard InChI is InChI=1S/C60H43N/c1-6-17-44(18-7-1)47-29-35-55(36-30-47)61(56-37-31-48(32-38-56)45-19-8-2-9-20-45)57-39-33-49(34-40-57)52-27-16-28-53(41-52)60-58(50-23-12-4-13-24-50)42-54(46-21-10-3-11-22-46)43-59(60)51-25-14-5-15-26-51/h1-43H. The van der Waals surface area contributed by atoms with Gasteiger partial charge in [0.1, 0.15) is 0 Å².